The molecular formula is C24H24N4O3. The van der Waals surface area contributed by atoms with E-state index in [0.29, 0.717) is 17.9 Å². The number of hydrogen-bond donors (Lipinski definition) is 1. The third-order valence-electron chi connectivity index (χ3n) is 5.65. The summed E-state index contributed by atoms with van der Waals surface area (Å²) in [6.07, 6.45) is 7.08. The first-order chi connectivity index (χ1) is 15.3. The molecule has 0 unspecified atom stereocenters. The van der Waals surface area contributed by atoms with Crippen LogP contribution >= 0.6 is 0 Å². The maximum Gasteiger partial charge on any atom is 0.251 e. The van der Waals surface area contributed by atoms with Gasteiger partial charge in [-0.1, -0.05) is 18.2 Å². The van der Waals surface area contributed by atoms with Gasteiger partial charge in [-0.3, -0.25) is 9.78 Å². The fourth-order valence-electron chi connectivity index (χ4n) is 3.99. The summed E-state index contributed by atoms with van der Waals surface area (Å²) < 4.78 is 10.7. The molecular weight excluding hydrogens is 392 g/mol. The molecule has 3 heterocycles. The average Bonchev–Trinajstić information content (AvgIpc) is 3.31. The minimum absolute atomic E-state index is 0.125. The van der Waals surface area contributed by atoms with Gasteiger partial charge in [-0.15, -0.1) is 0 Å². The quantitative estimate of drug-likeness (QED) is 0.682. The number of nitrogens with one attached hydrogen (secondary N) is 1. The van der Waals surface area contributed by atoms with Gasteiger partial charge in [0.05, 0.1) is 0 Å². The number of carbonyl (C=O) groups is 1. The highest BCUT2D eigenvalue weighted by atomic mass is 16.7. The van der Waals surface area contributed by atoms with Crippen LogP contribution in [0.5, 0.6) is 11.5 Å². The lowest BCUT2D eigenvalue weighted by atomic mass is 10.1. The monoisotopic (exact) mass is 416 g/mol. The molecule has 2 aliphatic rings. The van der Waals surface area contributed by atoms with Crippen molar-refractivity contribution in [2.45, 2.75) is 25.8 Å². The molecule has 7 nitrogen and oxygen atoms in total. The van der Waals surface area contributed by atoms with E-state index in [1.54, 1.807) is 12.4 Å². The van der Waals surface area contributed by atoms with Crippen molar-refractivity contribution in [1.29, 1.82) is 0 Å². The normalized spacial score (nSPS) is 15.0. The molecule has 7 heteroatoms. The van der Waals surface area contributed by atoms with E-state index in [-0.39, 0.29) is 12.7 Å². The molecule has 1 saturated heterocycles. The van der Waals surface area contributed by atoms with Crippen LogP contribution in [-0.2, 0) is 6.54 Å². The number of nitrogens with zero attached hydrogens (tertiary/aromatic N) is 3. The van der Waals surface area contributed by atoms with Crippen molar-refractivity contribution in [2.75, 3.05) is 24.8 Å². The Morgan fingerprint density at radius 3 is 2.55 bits per heavy atom. The van der Waals surface area contributed by atoms with Crippen molar-refractivity contribution >= 4 is 11.7 Å². The maximum atomic E-state index is 12.6. The van der Waals surface area contributed by atoms with Gasteiger partial charge >= 0.3 is 0 Å². The second-order valence-corrected chi connectivity index (χ2v) is 7.72. The first kappa shape index (κ1) is 19.4. The molecule has 158 valence electrons. The molecule has 1 amide bonds. The summed E-state index contributed by atoms with van der Waals surface area (Å²) in [6.45, 7) is 2.67. The number of piperidine rings is 1. The van der Waals surface area contributed by atoms with Crippen molar-refractivity contribution in [1.82, 2.24) is 15.3 Å². The summed E-state index contributed by atoms with van der Waals surface area (Å²) in [5.41, 5.74) is 3.38. The van der Waals surface area contributed by atoms with Crippen molar-refractivity contribution in [3.63, 3.8) is 0 Å². The lowest BCUT2D eigenvalue weighted by Gasteiger charge is -2.28. The molecule has 0 saturated carbocycles. The van der Waals surface area contributed by atoms with E-state index >= 15 is 0 Å². The standard InChI is InChI=1S/C24H24N4O3/c29-24(27-15-17-4-9-20-21(14-17)31-16-30-20)19-7-5-18(6-8-19)22-23(26-11-10-25-22)28-12-2-1-3-13-28/h4-11,14H,1-3,12-13,15-16H2,(H,27,29). The van der Waals surface area contributed by atoms with E-state index in [0.717, 1.165) is 41.5 Å². The van der Waals surface area contributed by atoms with Gasteiger partial charge in [0.25, 0.3) is 5.91 Å². The number of aromatic nitrogens is 2. The minimum atomic E-state index is -0.125. The Morgan fingerprint density at radius 1 is 0.935 bits per heavy atom. The van der Waals surface area contributed by atoms with Gasteiger partial charge in [0.2, 0.25) is 6.79 Å². The molecule has 1 fully saturated rings. The number of anilines is 1. The predicted molar refractivity (Wildman–Crippen MR) is 117 cm³/mol. The fourth-order valence-corrected chi connectivity index (χ4v) is 3.99. The van der Waals surface area contributed by atoms with E-state index in [9.17, 15) is 4.79 Å². The third-order valence-corrected chi connectivity index (χ3v) is 5.65. The topological polar surface area (TPSA) is 76.6 Å². The Morgan fingerprint density at radius 2 is 1.71 bits per heavy atom. The molecule has 31 heavy (non-hydrogen) atoms. The van der Waals surface area contributed by atoms with Crippen molar-refractivity contribution in [3.05, 3.63) is 66.0 Å². The number of amides is 1. The predicted octanol–water partition coefficient (Wildman–Crippen LogP) is 3.79. The number of benzene rings is 2. The largest absolute Gasteiger partial charge is 0.454 e. The van der Waals surface area contributed by atoms with Crippen LogP contribution in [0.15, 0.2) is 54.9 Å². The Balaban J connectivity index is 1.27. The molecule has 3 aromatic rings. The highest BCUT2D eigenvalue weighted by Gasteiger charge is 2.18. The summed E-state index contributed by atoms with van der Waals surface area (Å²) >= 11 is 0. The highest BCUT2D eigenvalue weighted by molar-refractivity contribution is 5.94. The zero-order valence-corrected chi connectivity index (χ0v) is 17.2. The summed E-state index contributed by atoms with van der Waals surface area (Å²) in [5.74, 6) is 2.24. The lowest BCUT2D eigenvalue weighted by Crippen LogP contribution is -2.30. The first-order valence-electron chi connectivity index (χ1n) is 10.6. The number of fused-ring (bicyclic) bond motifs is 1. The molecule has 0 aliphatic carbocycles. The van der Waals surface area contributed by atoms with E-state index in [2.05, 4.69) is 20.2 Å². The molecule has 1 N–H and O–H groups in total. The second-order valence-electron chi connectivity index (χ2n) is 7.72. The van der Waals surface area contributed by atoms with Gasteiger partial charge in [-0.25, -0.2) is 4.98 Å². The maximum absolute atomic E-state index is 12.6. The molecule has 5 rings (SSSR count). The third kappa shape index (κ3) is 4.17. The van der Waals surface area contributed by atoms with Crippen molar-refractivity contribution in [3.8, 4) is 22.8 Å². The second kappa shape index (κ2) is 8.63. The van der Waals surface area contributed by atoms with E-state index in [1.807, 2.05) is 42.5 Å². The first-order valence-corrected chi connectivity index (χ1v) is 10.6. The zero-order valence-electron chi connectivity index (χ0n) is 17.2. The van der Waals surface area contributed by atoms with Crippen LogP contribution in [-0.4, -0.2) is 35.8 Å². The number of rotatable bonds is 5. The van der Waals surface area contributed by atoms with Crippen molar-refractivity contribution in [2.24, 2.45) is 0 Å². The molecule has 0 bridgehead atoms. The number of hydrogen-bond acceptors (Lipinski definition) is 6. The Labute approximate surface area is 181 Å². The zero-order chi connectivity index (χ0) is 21.0. The summed E-state index contributed by atoms with van der Waals surface area (Å²) in [7, 11) is 0. The molecule has 2 aromatic carbocycles. The molecule has 1 aromatic heterocycles. The van der Waals surface area contributed by atoms with Crippen molar-refractivity contribution < 1.29 is 14.3 Å². The Hall–Kier alpha value is -3.61. The molecule has 2 aliphatic heterocycles. The van der Waals surface area contributed by atoms with Gasteiger partial charge in [0.15, 0.2) is 17.3 Å². The van der Waals surface area contributed by atoms with Crippen LogP contribution in [0, 0.1) is 0 Å². The molecule has 0 atom stereocenters. The Kier molecular flexibility index (Phi) is 5.39. The number of ether oxygens (including phenoxy) is 2. The van der Waals surface area contributed by atoms with Crippen LogP contribution in [0.2, 0.25) is 0 Å². The average molecular weight is 416 g/mol. The van der Waals surface area contributed by atoms with Gasteiger partial charge in [0, 0.05) is 43.2 Å². The van der Waals surface area contributed by atoms with Gasteiger partial charge in [0.1, 0.15) is 5.69 Å². The van der Waals surface area contributed by atoms with E-state index < -0.39 is 0 Å². The van der Waals surface area contributed by atoms with Crippen LogP contribution in [0.1, 0.15) is 35.2 Å². The summed E-state index contributed by atoms with van der Waals surface area (Å²) in [5, 5.41) is 2.96. The van der Waals surface area contributed by atoms with Gasteiger partial charge in [-0.2, -0.15) is 0 Å². The van der Waals surface area contributed by atoms with E-state index in [4.69, 9.17) is 9.47 Å². The van der Waals surface area contributed by atoms with Crippen LogP contribution in [0.3, 0.4) is 0 Å². The molecule has 0 spiro atoms. The fraction of sp³-hybridized carbons (Fsp3) is 0.292. The van der Waals surface area contributed by atoms with E-state index in [1.165, 1.54) is 19.3 Å². The SMILES string of the molecule is O=C(NCc1ccc2c(c1)OCO2)c1ccc(-c2nccnc2N2CCCCC2)cc1. The van der Waals surface area contributed by atoms with Crippen LogP contribution in [0.25, 0.3) is 11.3 Å². The Bertz CT molecular complexity index is 1080. The number of carbonyl (C=O) groups excluding carboxylic acids is 1. The van der Waals surface area contributed by atoms with Crippen LogP contribution in [0.4, 0.5) is 5.82 Å². The smallest absolute Gasteiger partial charge is 0.251 e. The minimum Gasteiger partial charge on any atom is -0.454 e. The van der Waals surface area contributed by atoms with Crippen LogP contribution < -0.4 is 19.7 Å². The van der Waals surface area contributed by atoms with Gasteiger partial charge < -0.3 is 19.7 Å². The highest BCUT2D eigenvalue weighted by Crippen LogP contribution is 2.32. The van der Waals surface area contributed by atoms with Gasteiger partial charge in [-0.05, 0) is 49.1 Å². The lowest BCUT2D eigenvalue weighted by molar-refractivity contribution is 0.0951. The summed E-state index contributed by atoms with van der Waals surface area (Å²) in [4.78, 5) is 24.1. The molecule has 0 radical (unpaired) electrons. The summed E-state index contributed by atoms with van der Waals surface area (Å²) in [6, 6.07) is 13.2.